The fourth-order valence-corrected chi connectivity index (χ4v) is 1.40. The number of carbonyl (C=O) groups is 1. The molecule has 1 atom stereocenters. The van der Waals surface area contributed by atoms with Gasteiger partial charge in [-0.05, 0) is 24.1 Å². The van der Waals surface area contributed by atoms with Gasteiger partial charge in [-0.15, -0.1) is 0 Å². The van der Waals surface area contributed by atoms with Crippen molar-refractivity contribution in [3.63, 3.8) is 0 Å². The normalized spacial score (nSPS) is 12.3. The van der Waals surface area contributed by atoms with Crippen LogP contribution >= 0.6 is 0 Å². The second kappa shape index (κ2) is 6.20. The standard InChI is InChI=1S/C12H18FN3O/c1-8(2)11(7-14)16-12(17)15-10-5-3-4-9(13)6-10/h3-6,8,11H,7,14H2,1-2H3,(H2,15,16,17). The Labute approximate surface area is 100 Å². The van der Waals surface area contributed by atoms with Gasteiger partial charge in [-0.25, -0.2) is 9.18 Å². The van der Waals surface area contributed by atoms with Crippen molar-refractivity contribution in [1.82, 2.24) is 5.32 Å². The molecule has 17 heavy (non-hydrogen) atoms. The van der Waals surface area contributed by atoms with Crippen LogP contribution in [0.1, 0.15) is 13.8 Å². The van der Waals surface area contributed by atoms with Crippen molar-refractivity contribution in [2.24, 2.45) is 11.7 Å². The van der Waals surface area contributed by atoms with Crippen LogP contribution in [-0.2, 0) is 0 Å². The Morgan fingerprint density at radius 2 is 2.18 bits per heavy atom. The number of rotatable bonds is 4. The minimum absolute atomic E-state index is 0.0939. The zero-order valence-corrected chi connectivity index (χ0v) is 10.0. The average Bonchev–Trinajstić information content (AvgIpc) is 2.25. The highest BCUT2D eigenvalue weighted by atomic mass is 19.1. The molecule has 0 fully saturated rings. The number of hydrogen-bond acceptors (Lipinski definition) is 2. The third kappa shape index (κ3) is 4.40. The van der Waals surface area contributed by atoms with E-state index in [9.17, 15) is 9.18 Å². The van der Waals surface area contributed by atoms with E-state index >= 15 is 0 Å². The molecule has 4 nitrogen and oxygen atoms in total. The molecule has 0 saturated heterocycles. The van der Waals surface area contributed by atoms with Crippen molar-refractivity contribution in [3.8, 4) is 0 Å². The van der Waals surface area contributed by atoms with Gasteiger partial charge < -0.3 is 16.4 Å². The first-order valence-corrected chi connectivity index (χ1v) is 5.56. The maximum atomic E-state index is 12.9. The van der Waals surface area contributed by atoms with E-state index in [0.717, 1.165) is 0 Å². The summed E-state index contributed by atoms with van der Waals surface area (Å²) in [6.07, 6.45) is 0. The lowest BCUT2D eigenvalue weighted by Gasteiger charge is -2.20. The second-order valence-corrected chi connectivity index (χ2v) is 4.20. The molecule has 0 heterocycles. The molecule has 0 bridgehead atoms. The SMILES string of the molecule is CC(C)C(CN)NC(=O)Nc1cccc(F)c1. The first-order chi connectivity index (χ1) is 8.02. The summed E-state index contributed by atoms with van der Waals surface area (Å²) in [4.78, 5) is 11.6. The highest BCUT2D eigenvalue weighted by Gasteiger charge is 2.14. The summed E-state index contributed by atoms with van der Waals surface area (Å²) < 4.78 is 12.9. The highest BCUT2D eigenvalue weighted by molar-refractivity contribution is 5.89. The predicted octanol–water partition coefficient (Wildman–Crippen LogP) is 1.93. The van der Waals surface area contributed by atoms with Crippen molar-refractivity contribution < 1.29 is 9.18 Å². The van der Waals surface area contributed by atoms with Crippen LogP contribution in [0.15, 0.2) is 24.3 Å². The predicted molar refractivity (Wildman–Crippen MR) is 66.2 cm³/mol. The Bertz CT molecular complexity index is 382. The van der Waals surface area contributed by atoms with Crippen LogP contribution < -0.4 is 16.4 Å². The summed E-state index contributed by atoms with van der Waals surface area (Å²) in [5.74, 6) is -0.139. The molecule has 4 N–H and O–H groups in total. The largest absolute Gasteiger partial charge is 0.334 e. The molecule has 2 amide bonds. The second-order valence-electron chi connectivity index (χ2n) is 4.20. The van der Waals surface area contributed by atoms with E-state index in [1.807, 2.05) is 13.8 Å². The highest BCUT2D eigenvalue weighted by Crippen LogP contribution is 2.09. The Morgan fingerprint density at radius 3 is 2.71 bits per heavy atom. The lowest BCUT2D eigenvalue weighted by atomic mass is 10.1. The van der Waals surface area contributed by atoms with Crippen LogP contribution in [0.4, 0.5) is 14.9 Å². The number of anilines is 1. The van der Waals surface area contributed by atoms with Gasteiger partial charge in [0.2, 0.25) is 0 Å². The summed E-state index contributed by atoms with van der Waals surface area (Å²) in [5.41, 5.74) is 5.96. The molecule has 1 unspecified atom stereocenters. The third-order valence-corrected chi connectivity index (χ3v) is 2.46. The van der Waals surface area contributed by atoms with E-state index in [-0.39, 0.29) is 23.8 Å². The number of urea groups is 1. The number of nitrogens with one attached hydrogen (secondary N) is 2. The van der Waals surface area contributed by atoms with Crippen molar-refractivity contribution in [1.29, 1.82) is 0 Å². The third-order valence-electron chi connectivity index (χ3n) is 2.46. The summed E-state index contributed by atoms with van der Waals surface area (Å²) >= 11 is 0. The molecule has 1 aromatic rings. The van der Waals surface area contributed by atoms with Crippen molar-refractivity contribution >= 4 is 11.7 Å². The summed E-state index contributed by atoms with van der Waals surface area (Å²) in [6.45, 7) is 4.31. The van der Waals surface area contributed by atoms with E-state index in [2.05, 4.69) is 10.6 Å². The number of hydrogen-bond donors (Lipinski definition) is 3. The van der Waals surface area contributed by atoms with Gasteiger partial charge in [0.15, 0.2) is 0 Å². The van der Waals surface area contributed by atoms with E-state index in [0.29, 0.717) is 12.2 Å². The Hall–Kier alpha value is -1.62. The minimum atomic E-state index is -0.387. The van der Waals surface area contributed by atoms with E-state index in [1.165, 1.54) is 18.2 Å². The summed E-state index contributed by atoms with van der Waals surface area (Å²) in [6, 6.07) is 5.26. The molecule has 0 aliphatic heterocycles. The van der Waals surface area contributed by atoms with Gasteiger partial charge >= 0.3 is 6.03 Å². The first kappa shape index (κ1) is 13.4. The smallest absolute Gasteiger partial charge is 0.319 e. The molecular weight excluding hydrogens is 221 g/mol. The molecule has 0 saturated carbocycles. The summed E-state index contributed by atoms with van der Waals surface area (Å²) in [5, 5.41) is 5.29. The number of benzene rings is 1. The fourth-order valence-electron chi connectivity index (χ4n) is 1.40. The van der Waals surface area contributed by atoms with Crippen LogP contribution in [-0.4, -0.2) is 18.6 Å². The summed E-state index contributed by atoms with van der Waals surface area (Å²) in [7, 11) is 0. The maximum Gasteiger partial charge on any atom is 0.319 e. The lowest BCUT2D eigenvalue weighted by molar-refractivity contribution is 0.245. The molecule has 0 aromatic heterocycles. The first-order valence-electron chi connectivity index (χ1n) is 5.56. The van der Waals surface area contributed by atoms with Crippen LogP contribution in [0.3, 0.4) is 0 Å². The van der Waals surface area contributed by atoms with Gasteiger partial charge in [-0.2, -0.15) is 0 Å². The zero-order chi connectivity index (χ0) is 12.8. The van der Waals surface area contributed by atoms with Gasteiger partial charge in [-0.3, -0.25) is 0 Å². The molecule has 0 spiro atoms. The Kier molecular flexibility index (Phi) is 4.90. The minimum Gasteiger partial charge on any atom is -0.334 e. The van der Waals surface area contributed by atoms with E-state index in [1.54, 1.807) is 6.07 Å². The van der Waals surface area contributed by atoms with Gasteiger partial charge in [0.25, 0.3) is 0 Å². The number of halogens is 1. The fraction of sp³-hybridized carbons (Fsp3) is 0.417. The van der Waals surface area contributed by atoms with Crippen molar-refractivity contribution in [3.05, 3.63) is 30.1 Å². The molecule has 1 rings (SSSR count). The van der Waals surface area contributed by atoms with Gasteiger partial charge in [0.1, 0.15) is 5.82 Å². The molecule has 0 aliphatic rings. The average molecular weight is 239 g/mol. The number of nitrogens with two attached hydrogens (primary N) is 1. The molecule has 1 aromatic carbocycles. The van der Waals surface area contributed by atoms with Crippen molar-refractivity contribution in [2.45, 2.75) is 19.9 Å². The van der Waals surface area contributed by atoms with Gasteiger partial charge in [0.05, 0.1) is 0 Å². The van der Waals surface area contributed by atoms with Crippen LogP contribution in [0.5, 0.6) is 0 Å². The van der Waals surface area contributed by atoms with Crippen LogP contribution in [0.2, 0.25) is 0 Å². The Morgan fingerprint density at radius 1 is 1.47 bits per heavy atom. The van der Waals surface area contributed by atoms with E-state index < -0.39 is 0 Å². The Balaban J connectivity index is 2.55. The van der Waals surface area contributed by atoms with Gasteiger partial charge in [-0.1, -0.05) is 19.9 Å². The van der Waals surface area contributed by atoms with Crippen LogP contribution in [0.25, 0.3) is 0 Å². The monoisotopic (exact) mass is 239 g/mol. The number of amides is 2. The maximum absolute atomic E-state index is 12.9. The van der Waals surface area contributed by atoms with Crippen LogP contribution in [0, 0.1) is 11.7 Å². The zero-order valence-electron chi connectivity index (χ0n) is 10.0. The molecular formula is C12H18FN3O. The van der Waals surface area contributed by atoms with Crippen molar-refractivity contribution in [2.75, 3.05) is 11.9 Å². The molecule has 0 radical (unpaired) electrons. The molecule has 0 aliphatic carbocycles. The molecule has 94 valence electrons. The number of carbonyl (C=O) groups excluding carboxylic acids is 1. The van der Waals surface area contributed by atoms with E-state index in [4.69, 9.17) is 5.73 Å². The quantitative estimate of drug-likeness (QED) is 0.751. The van der Waals surface area contributed by atoms with Gasteiger partial charge in [0, 0.05) is 18.3 Å². The molecule has 5 heteroatoms. The topological polar surface area (TPSA) is 67.1 Å². The lowest BCUT2D eigenvalue weighted by Crippen LogP contribution is -2.45.